The molecule has 0 spiro atoms. The Morgan fingerprint density at radius 2 is 2.15 bits per heavy atom. The summed E-state index contributed by atoms with van der Waals surface area (Å²) in [5, 5.41) is 16.6. The lowest BCUT2D eigenvalue weighted by molar-refractivity contribution is -0.190. The van der Waals surface area contributed by atoms with Gasteiger partial charge in [0.05, 0.1) is 0 Å². The van der Waals surface area contributed by atoms with E-state index in [-0.39, 0.29) is 11.5 Å². The van der Waals surface area contributed by atoms with E-state index in [1.165, 1.54) is 6.92 Å². The molecule has 0 radical (unpaired) electrons. The number of hydroxylamine groups is 2. The van der Waals surface area contributed by atoms with Crippen molar-refractivity contribution >= 4 is 13.3 Å². The number of aliphatic hydroxyl groups is 1. The standard InChI is InChI=1S/C6H12NO5P/c1-6(13(2,11)12)3-4(8)7(10)5(6)9/h4,8,10H,3H2,1-2H3,(H,11,12)/t4?,6-/m1/s1. The minimum Gasteiger partial charge on any atom is -0.371 e. The quantitative estimate of drug-likeness (QED) is 0.402. The third-order valence-electron chi connectivity index (χ3n) is 2.45. The fourth-order valence-electron chi connectivity index (χ4n) is 1.26. The highest BCUT2D eigenvalue weighted by atomic mass is 31.2. The Bertz CT molecular complexity index is 287. The van der Waals surface area contributed by atoms with Gasteiger partial charge in [0.2, 0.25) is 7.37 Å². The first-order chi connectivity index (χ1) is 5.70. The Kier molecular flexibility index (Phi) is 2.28. The van der Waals surface area contributed by atoms with Gasteiger partial charge in [0.1, 0.15) is 5.16 Å². The van der Waals surface area contributed by atoms with Gasteiger partial charge in [-0.3, -0.25) is 14.6 Å². The molecule has 1 rings (SSSR count). The second-order valence-corrected chi connectivity index (χ2v) is 6.23. The highest BCUT2D eigenvalue weighted by Crippen LogP contribution is 2.56. The number of carbonyl (C=O) groups excluding carboxylic acids is 1. The highest BCUT2D eigenvalue weighted by molar-refractivity contribution is 7.60. The minimum atomic E-state index is -3.67. The molecule has 0 aromatic carbocycles. The molecule has 13 heavy (non-hydrogen) atoms. The lowest BCUT2D eigenvalue weighted by atomic mass is 10.1. The molecule has 0 aromatic heterocycles. The maximum absolute atomic E-state index is 11.3. The first-order valence-corrected chi connectivity index (χ1v) is 5.82. The molecule has 1 aliphatic rings. The second kappa shape index (κ2) is 2.78. The Morgan fingerprint density at radius 3 is 2.31 bits per heavy atom. The molecule has 3 N–H and O–H groups in total. The lowest BCUT2D eigenvalue weighted by Gasteiger charge is -2.23. The zero-order valence-corrected chi connectivity index (χ0v) is 8.23. The zero-order chi connectivity index (χ0) is 10.4. The average Bonchev–Trinajstić information content (AvgIpc) is 2.15. The van der Waals surface area contributed by atoms with Gasteiger partial charge in [0, 0.05) is 13.1 Å². The van der Waals surface area contributed by atoms with Crippen LogP contribution in [0.2, 0.25) is 0 Å². The molecule has 76 valence electrons. The van der Waals surface area contributed by atoms with E-state index in [0.29, 0.717) is 0 Å². The van der Waals surface area contributed by atoms with Crippen LogP contribution in [-0.2, 0) is 9.36 Å². The Labute approximate surface area is 75.2 Å². The van der Waals surface area contributed by atoms with Gasteiger partial charge in [-0.25, -0.2) is 0 Å². The van der Waals surface area contributed by atoms with Crippen LogP contribution >= 0.6 is 7.37 Å². The van der Waals surface area contributed by atoms with E-state index in [1.54, 1.807) is 0 Å². The van der Waals surface area contributed by atoms with E-state index >= 15 is 0 Å². The number of aliphatic hydroxyl groups excluding tert-OH is 1. The van der Waals surface area contributed by atoms with Crippen LogP contribution in [0.15, 0.2) is 0 Å². The van der Waals surface area contributed by atoms with E-state index < -0.39 is 24.7 Å². The SMILES string of the molecule is C[C@@]1(P(C)(=O)O)CC(O)N(O)C1=O. The van der Waals surface area contributed by atoms with Gasteiger partial charge in [-0.15, -0.1) is 0 Å². The molecule has 7 heteroatoms. The van der Waals surface area contributed by atoms with Crippen LogP contribution in [0.5, 0.6) is 0 Å². The van der Waals surface area contributed by atoms with Crippen molar-refractivity contribution < 1.29 is 24.6 Å². The van der Waals surface area contributed by atoms with Crippen molar-refractivity contribution in [3.8, 4) is 0 Å². The summed E-state index contributed by atoms with van der Waals surface area (Å²) in [5.41, 5.74) is 0. The Balaban J connectivity index is 3.09. The summed E-state index contributed by atoms with van der Waals surface area (Å²) in [6.45, 7) is 2.30. The number of nitrogens with zero attached hydrogens (tertiary/aromatic N) is 1. The molecule has 2 unspecified atom stereocenters. The predicted molar refractivity (Wildman–Crippen MR) is 43.4 cm³/mol. The van der Waals surface area contributed by atoms with E-state index in [0.717, 1.165) is 6.66 Å². The maximum atomic E-state index is 11.3. The molecule has 6 nitrogen and oxygen atoms in total. The van der Waals surface area contributed by atoms with Crippen molar-refractivity contribution in [3.63, 3.8) is 0 Å². The summed E-state index contributed by atoms with van der Waals surface area (Å²) in [6, 6.07) is 0. The smallest absolute Gasteiger partial charge is 0.264 e. The van der Waals surface area contributed by atoms with Gasteiger partial charge < -0.3 is 10.00 Å². The largest absolute Gasteiger partial charge is 0.371 e. The topological polar surface area (TPSA) is 98.1 Å². The van der Waals surface area contributed by atoms with E-state index in [2.05, 4.69) is 0 Å². The monoisotopic (exact) mass is 209 g/mol. The van der Waals surface area contributed by atoms with Crippen LogP contribution in [-0.4, -0.2) is 44.2 Å². The number of carbonyl (C=O) groups is 1. The van der Waals surface area contributed by atoms with Gasteiger partial charge in [-0.05, 0) is 6.92 Å². The Morgan fingerprint density at radius 1 is 1.69 bits per heavy atom. The number of rotatable bonds is 1. The average molecular weight is 209 g/mol. The summed E-state index contributed by atoms with van der Waals surface area (Å²) in [7, 11) is -3.67. The molecule has 1 saturated heterocycles. The van der Waals surface area contributed by atoms with Crippen LogP contribution in [0, 0.1) is 0 Å². The third kappa shape index (κ3) is 1.40. The van der Waals surface area contributed by atoms with E-state index in [9.17, 15) is 14.3 Å². The number of hydrogen-bond donors (Lipinski definition) is 3. The lowest BCUT2D eigenvalue weighted by Crippen LogP contribution is -2.36. The number of amides is 1. The van der Waals surface area contributed by atoms with Crippen molar-refractivity contribution in [1.29, 1.82) is 0 Å². The molecule has 0 bridgehead atoms. The summed E-state index contributed by atoms with van der Waals surface area (Å²) in [5.74, 6) is -0.909. The van der Waals surface area contributed by atoms with Crippen molar-refractivity contribution in [1.82, 2.24) is 5.06 Å². The van der Waals surface area contributed by atoms with E-state index in [1.807, 2.05) is 0 Å². The fraction of sp³-hybridized carbons (Fsp3) is 0.833. The van der Waals surface area contributed by atoms with Gasteiger partial charge in [0.25, 0.3) is 5.91 Å². The third-order valence-corrected chi connectivity index (χ3v) is 4.65. The summed E-state index contributed by atoms with van der Waals surface area (Å²) >= 11 is 0. The molecule has 1 fully saturated rings. The zero-order valence-electron chi connectivity index (χ0n) is 7.34. The first-order valence-electron chi connectivity index (χ1n) is 3.71. The summed E-state index contributed by atoms with van der Waals surface area (Å²) < 4.78 is 11.3. The molecule has 0 saturated carbocycles. The molecular formula is C6H12NO5P. The predicted octanol–water partition coefficient (Wildman–Crippen LogP) is -0.415. The molecule has 1 heterocycles. The minimum absolute atomic E-state index is 0.104. The van der Waals surface area contributed by atoms with Gasteiger partial charge in [-0.1, -0.05) is 0 Å². The first kappa shape index (κ1) is 10.7. The molecule has 0 aliphatic carbocycles. The van der Waals surface area contributed by atoms with Gasteiger partial charge in [-0.2, -0.15) is 5.06 Å². The summed E-state index contributed by atoms with van der Waals surface area (Å²) in [6.07, 6.45) is -1.62. The Hall–Kier alpha value is -0.420. The van der Waals surface area contributed by atoms with E-state index in [4.69, 9.17) is 10.3 Å². The molecular weight excluding hydrogens is 197 g/mol. The molecule has 0 aromatic rings. The molecule has 3 atom stereocenters. The van der Waals surface area contributed by atoms with Crippen LogP contribution in [0.1, 0.15) is 13.3 Å². The second-order valence-electron chi connectivity index (χ2n) is 3.49. The fourth-order valence-corrected chi connectivity index (χ4v) is 2.22. The van der Waals surface area contributed by atoms with Crippen molar-refractivity contribution in [2.24, 2.45) is 0 Å². The molecule has 1 aliphatic heterocycles. The van der Waals surface area contributed by atoms with Crippen LogP contribution in [0.4, 0.5) is 0 Å². The number of hydrogen-bond acceptors (Lipinski definition) is 4. The van der Waals surface area contributed by atoms with Gasteiger partial charge in [0.15, 0.2) is 6.23 Å². The maximum Gasteiger partial charge on any atom is 0.264 e. The molecule has 1 amide bonds. The van der Waals surface area contributed by atoms with Crippen molar-refractivity contribution in [2.45, 2.75) is 24.7 Å². The van der Waals surface area contributed by atoms with Crippen molar-refractivity contribution in [3.05, 3.63) is 0 Å². The van der Waals surface area contributed by atoms with Crippen molar-refractivity contribution in [2.75, 3.05) is 6.66 Å². The van der Waals surface area contributed by atoms with Crippen LogP contribution in [0.25, 0.3) is 0 Å². The highest BCUT2D eigenvalue weighted by Gasteiger charge is 2.56. The summed E-state index contributed by atoms with van der Waals surface area (Å²) in [4.78, 5) is 20.5. The van der Waals surface area contributed by atoms with Crippen LogP contribution in [0.3, 0.4) is 0 Å². The van der Waals surface area contributed by atoms with Crippen LogP contribution < -0.4 is 0 Å². The van der Waals surface area contributed by atoms with Gasteiger partial charge >= 0.3 is 0 Å². The normalized spacial score (nSPS) is 39.3.